The van der Waals surface area contributed by atoms with E-state index in [1.165, 1.54) is 0 Å². The molecule has 80 valence electrons. The zero-order chi connectivity index (χ0) is 11.1. The molecular weight excluding hydrogens is 188 g/mol. The summed E-state index contributed by atoms with van der Waals surface area (Å²) in [6, 6.07) is 7.51. The highest BCUT2D eigenvalue weighted by molar-refractivity contribution is 5.34. The van der Waals surface area contributed by atoms with Crippen LogP contribution in [0.15, 0.2) is 24.3 Å². The maximum atomic E-state index is 9.50. The Morgan fingerprint density at radius 2 is 2.13 bits per heavy atom. The Bertz CT molecular complexity index is 358. The summed E-state index contributed by atoms with van der Waals surface area (Å²) < 4.78 is 5.54. The van der Waals surface area contributed by atoms with Crippen LogP contribution in [0, 0.1) is 11.8 Å². The van der Waals surface area contributed by atoms with Crippen LogP contribution in [0.25, 0.3) is 0 Å². The molecule has 0 aliphatic rings. The van der Waals surface area contributed by atoms with E-state index in [1.54, 1.807) is 6.92 Å². The van der Waals surface area contributed by atoms with E-state index in [0.29, 0.717) is 13.0 Å². The summed E-state index contributed by atoms with van der Waals surface area (Å²) in [4.78, 5) is 0. The Kier molecular flexibility index (Phi) is 4.73. The molecule has 0 fully saturated rings. The molecule has 1 unspecified atom stereocenters. The predicted octanol–water partition coefficient (Wildman–Crippen LogP) is 2.53. The van der Waals surface area contributed by atoms with E-state index in [9.17, 15) is 5.11 Å². The first kappa shape index (κ1) is 11.6. The lowest BCUT2D eigenvalue weighted by Gasteiger charge is -2.12. The van der Waals surface area contributed by atoms with Crippen molar-refractivity contribution in [2.45, 2.75) is 26.4 Å². The van der Waals surface area contributed by atoms with Gasteiger partial charge >= 0.3 is 0 Å². The van der Waals surface area contributed by atoms with E-state index in [4.69, 9.17) is 4.74 Å². The van der Waals surface area contributed by atoms with Crippen LogP contribution in [0.5, 0.6) is 5.75 Å². The molecule has 0 aliphatic carbocycles. The Morgan fingerprint density at radius 3 is 2.80 bits per heavy atom. The highest BCUT2D eigenvalue weighted by Gasteiger charge is 2.07. The zero-order valence-corrected chi connectivity index (χ0v) is 9.16. The van der Waals surface area contributed by atoms with Crippen molar-refractivity contribution in [3.63, 3.8) is 0 Å². The molecule has 0 amide bonds. The van der Waals surface area contributed by atoms with E-state index in [-0.39, 0.29) is 0 Å². The molecule has 0 radical (unpaired) electrons. The Morgan fingerprint density at radius 1 is 1.40 bits per heavy atom. The number of hydrogen-bond donors (Lipinski definition) is 1. The number of hydrogen-bond acceptors (Lipinski definition) is 2. The quantitative estimate of drug-likeness (QED) is 0.603. The van der Waals surface area contributed by atoms with Gasteiger partial charge < -0.3 is 9.84 Å². The summed E-state index contributed by atoms with van der Waals surface area (Å²) in [7, 11) is 0. The largest absolute Gasteiger partial charge is 0.492 e. The minimum absolute atomic E-state index is 0.501. The van der Waals surface area contributed by atoms with Gasteiger partial charge in [-0.2, -0.15) is 0 Å². The fraction of sp³-hybridized carbons (Fsp3) is 0.385. The molecule has 2 nitrogen and oxygen atoms in total. The Hall–Kier alpha value is -1.46. The van der Waals surface area contributed by atoms with E-state index < -0.39 is 6.10 Å². The molecule has 1 aromatic rings. The molecule has 15 heavy (non-hydrogen) atoms. The van der Waals surface area contributed by atoms with Gasteiger partial charge in [-0.1, -0.05) is 18.2 Å². The van der Waals surface area contributed by atoms with Crippen LogP contribution in [0.3, 0.4) is 0 Å². The lowest BCUT2D eigenvalue weighted by atomic mass is 10.1. The van der Waals surface area contributed by atoms with E-state index >= 15 is 0 Å². The second kappa shape index (κ2) is 6.10. The summed E-state index contributed by atoms with van der Waals surface area (Å²) in [5, 5.41) is 9.50. The van der Waals surface area contributed by atoms with Gasteiger partial charge in [-0.05, 0) is 19.9 Å². The molecule has 0 aromatic heterocycles. The van der Waals surface area contributed by atoms with Crippen molar-refractivity contribution in [3.05, 3.63) is 29.8 Å². The lowest BCUT2D eigenvalue weighted by molar-refractivity contribution is 0.191. The molecule has 0 aliphatic heterocycles. The molecule has 0 bridgehead atoms. The highest BCUT2D eigenvalue weighted by atomic mass is 16.5. The fourth-order valence-corrected chi connectivity index (χ4v) is 1.29. The van der Waals surface area contributed by atoms with Crippen molar-refractivity contribution in [3.8, 4) is 17.6 Å². The SMILES string of the molecule is CC#CCCOc1ccccc1C(C)O. The third-order valence-electron chi connectivity index (χ3n) is 2.03. The third kappa shape index (κ3) is 3.65. The summed E-state index contributed by atoms with van der Waals surface area (Å²) >= 11 is 0. The minimum atomic E-state index is -0.501. The minimum Gasteiger partial charge on any atom is -0.492 e. The topological polar surface area (TPSA) is 29.5 Å². The van der Waals surface area contributed by atoms with Gasteiger partial charge in [0.05, 0.1) is 12.7 Å². The van der Waals surface area contributed by atoms with Crippen molar-refractivity contribution >= 4 is 0 Å². The zero-order valence-electron chi connectivity index (χ0n) is 9.16. The first-order valence-electron chi connectivity index (χ1n) is 5.05. The highest BCUT2D eigenvalue weighted by Crippen LogP contribution is 2.24. The average molecular weight is 204 g/mol. The van der Waals surface area contributed by atoms with Gasteiger partial charge in [-0.25, -0.2) is 0 Å². The van der Waals surface area contributed by atoms with E-state index in [0.717, 1.165) is 11.3 Å². The van der Waals surface area contributed by atoms with Crippen LogP contribution in [0.2, 0.25) is 0 Å². The summed E-state index contributed by atoms with van der Waals surface area (Å²) in [6.45, 7) is 4.10. The third-order valence-corrected chi connectivity index (χ3v) is 2.03. The first-order valence-corrected chi connectivity index (χ1v) is 5.05. The molecule has 0 saturated carbocycles. The number of benzene rings is 1. The van der Waals surface area contributed by atoms with Gasteiger partial charge in [0.2, 0.25) is 0 Å². The standard InChI is InChI=1S/C13H16O2/c1-3-4-7-10-15-13-9-6-5-8-12(13)11(2)14/h5-6,8-9,11,14H,7,10H2,1-2H3. The summed E-state index contributed by atoms with van der Waals surface area (Å²) in [5.41, 5.74) is 0.821. The number of para-hydroxylation sites is 1. The monoisotopic (exact) mass is 204 g/mol. The number of ether oxygens (including phenoxy) is 1. The maximum absolute atomic E-state index is 9.50. The molecular formula is C13H16O2. The summed E-state index contributed by atoms with van der Waals surface area (Å²) in [6.07, 6.45) is 0.212. The van der Waals surface area contributed by atoms with Gasteiger partial charge in [0.15, 0.2) is 0 Å². The lowest BCUT2D eigenvalue weighted by Crippen LogP contribution is -2.01. The van der Waals surface area contributed by atoms with Crippen molar-refractivity contribution in [1.82, 2.24) is 0 Å². The van der Waals surface area contributed by atoms with Crippen LogP contribution in [-0.4, -0.2) is 11.7 Å². The van der Waals surface area contributed by atoms with Gasteiger partial charge in [0.25, 0.3) is 0 Å². The Labute approximate surface area is 90.9 Å². The average Bonchev–Trinajstić information content (AvgIpc) is 2.25. The van der Waals surface area contributed by atoms with Gasteiger partial charge in [0.1, 0.15) is 5.75 Å². The van der Waals surface area contributed by atoms with Crippen LogP contribution in [0.4, 0.5) is 0 Å². The molecule has 2 heteroatoms. The number of rotatable bonds is 4. The molecule has 1 aromatic carbocycles. The molecule has 1 N–H and O–H groups in total. The molecule has 1 atom stereocenters. The Balaban J connectivity index is 2.62. The van der Waals surface area contributed by atoms with E-state index in [1.807, 2.05) is 31.2 Å². The van der Waals surface area contributed by atoms with Crippen LogP contribution in [-0.2, 0) is 0 Å². The van der Waals surface area contributed by atoms with Crippen LogP contribution >= 0.6 is 0 Å². The second-order valence-electron chi connectivity index (χ2n) is 3.24. The molecule has 0 heterocycles. The maximum Gasteiger partial charge on any atom is 0.125 e. The number of aliphatic hydroxyl groups excluding tert-OH is 1. The molecule has 0 saturated heterocycles. The van der Waals surface area contributed by atoms with E-state index in [2.05, 4.69) is 11.8 Å². The van der Waals surface area contributed by atoms with Gasteiger partial charge in [-0.3, -0.25) is 0 Å². The van der Waals surface area contributed by atoms with Crippen molar-refractivity contribution in [2.75, 3.05) is 6.61 Å². The van der Waals surface area contributed by atoms with Crippen molar-refractivity contribution in [1.29, 1.82) is 0 Å². The normalized spacial score (nSPS) is 11.4. The van der Waals surface area contributed by atoms with Gasteiger partial charge in [-0.15, -0.1) is 11.8 Å². The molecule has 0 spiro atoms. The summed E-state index contributed by atoms with van der Waals surface area (Å²) in [5.74, 6) is 6.48. The smallest absolute Gasteiger partial charge is 0.125 e. The van der Waals surface area contributed by atoms with Gasteiger partial charge in [0, 0.05) is 12.0 Å². The van der Waals surface area contributed by atoms with Crippen molar-refractivity contribution in [2.24, 2.45) is 0 Å². The fourth-order valence-electron chi connectivity index (χ4n) is 1.29. The first-order chi connectivity index (χ1) is 7.25. The number of aliphatic hydroxyl groups is 1. The van der Waals surface area contributed by atoms with Crippen LogP contribution < -0.4 is 4.74 Å². The molecule has 1 rings (SSSR count). The second-order valence-corrected chi connectivity index (χ2v) is 3.24. The predicted molar refractivity (Wildman–Crippen MR) is 60.6 cm³/mol. The van der Waals surface area contributed by atoms with Crippen LogP contribution in [0.1, 0.15) is 31.9 Å². The van der Waals surface area contributed by atoms with Crippen molar-refractivity contribution < 1.29 is 9.84 Å².